The van der Waals surface area contributed by atoms with Crippen LogP contribution in [0.15, 0.2) is 42.7 Å². The molecule has 0 saturated carbocycles. The van der Waals surface area contributed by atoms with Crippen molar-refractivity contribution >= 4 is 22.8 Å². The van der Waals surface area contributed by atoms with Gasteiger partial charge in [0.05, 0.1) is 28.9 Å². The number of aromatic nitrogens is 6. The lowest BCUT2D eigenvalue weighted by Gasteiger charge is -2.08. The van der Waals surface area contributed by atoms with Crippen molar-refractivity contribution in [1.82, 2.24) is 29.9 Å². The standard InChI is InChI=1S/C19H18N8/c1-12(2)27-8-7-17(26-27)23-19-22-16(15-11-21-25-18(15)24-19)9-13-5-3-4-6-14(13)10-20/h3-8,11-12H,9H2,1-2H3,(H2,21,22,23,24,25,26). The number of H-pyrrole nitrogens is 1. The molecule has 0 bridgehead atoms. The van der Waals surface area contributed by atoms with Crippen LogP contribution >= 0.6 is 0 Å². The molecule has 4 rings (SSSR count). The normalized spacial score (nSPS) is 11.0. The minimum atomic E-state index is 0.273. The number of nitrogens with one attached hydrogen (secondary N) is 2. The summed E-state index contributed by atoms with van der Waals surface area (Å²) < 4.78 is 1.86. The molecule has 0 unspecified atom stereocenters. The Morgan fingerprint density at radius 3 is 2.85 bits per heavy atom. The van der Waals surface area contributed by atoms with Gasteiger partial charge in [-0.25, -0.2) is 4.98 Å². The summed E-state index contributed by atoms with van der Waals surface area (Å²) >= 11 is 0. The van der Waals surface area contributed by atoms with Gasteiger partial charge < -0.3 is 5.32 Å². The molecule has 134 valence electrons. The van der Waals surface area contributed by atoms with Gasteiger partial charge in [0.1, 0.15) is 0 Å². The van der Waals surface area contributed by atoms with Gasteiger partial charge in [-0.3, -0.25) is 9.78 Å². The predicted molar refractivity (Wildman–Crippen MR) is 102 cm³/mol. The molecule has 0 radical (unpaired) electrons. The molecule has 2 N–H and O–H groups in total. The van der Waals surface area contributed by atoms with Gasteiger partial charge in [0.2, 0.25) is 5.95 Å². The molecular weight excluding hydrogens is 340 g/mol. The first-order valence-electron chi connectivity index (χ1n) is 8.64. The third kappa shape index (κ3) is 3.35. The molecule has 3 aromatic heterocycles. The maximum atomic E-state index is 9.34. The van der Waals surface area contributed by atoms with Crippen LogP contribution < -0.4 is 5.32 Å². The van der Waals surface area contributed by atoms with Gasteiger partial charge in [-0.1, -0.05) is 18.2 Å². The Labute approximate surface area is 155 Å². The van der Waals surface area contributed by atoms with Crippen LogP contribution in [0.5, 0.6) is 0 Å². The van der Waals surface area contributed by atoms with Crippen LogP contribution in [0.25, 0.3) is 11.0 Å². The summed E-state index contributed by atoms with van der Waals surface area (Å²) in [7, 11) is 0. The summed E-state index contributed by atoms with van der Waals surface area (Å²) in [6, 6.07) is 11.9. The number of rotatable bonds is 5. The molecule has 0 atom stereocenters. The van der Waals surface area contributed by atoms with Crippen LogP contribution in [0.1, 0.15) is 36.7 Å². The number of aromatic amines is 1. The van der Waals surface area contributed by atoms with Crippen molar-refractivity contribution in [3.05, 3.63) is 59.5 Å². The second kappa shape index (κ2) is 6.88. The molecule has 0 fully saturated rings. The van der Waals surface area contributed by atoms with Gasteiger partial charge in [-0.2, -0.15) is 20.4 Å². The molecule has 1 aromatic carbocycles. The molecule has 8 heteroatoms. The fraction of sp³-hybridized carbons (Fsp3) is 0.211. The maximum Gasteiger partial charge on any atom is 0.230 e. The maximum absolute atomic E-state index is 9.34. The number of fused-ring (bicyclic) bond motifs is 1. The zero-order valence-electron chi connectivity index (χ0n) is 15.0. The van der Waals surface area contributed by atoms with Gasteiger partial charge in [-0.15, -0.1) is 0 Å². The predicted octanol–water partition coefficient (Wildman–Crippen LogP) is 3.34. The first-order chi connectivity index (χ1) is 13.1. The van der Waals surface area contributed by atoms with Crippen LogP contribution in [0.4, 0.5) is 11.8 Å². The molecule has 0 saturated heterocycles. The van der Waals surface area contributed by atoms with Crippen molar-refractivity contribution in [2.24, 2.45) is 0 Å². The van der Waals surface area contributed by atoms with E-state index in [0.29, 0.717) is 29.4 Å². The van der Waals surface area contributed by atoms with Crippen LogP contribution in [0.2, 0.25) is 0 Å². The Kier molecular flexibility index (Phi) is 4.26. The summed E-state index contributed by atoms with van der Waals surface area (Å²) in [4.78, 5) is 9.13. The summed E-state index contributed by atoms with van der Waals surface area (Å²) in [6.07, 6.45) is 4.13. The number of benzene rings is 1. The van der Waals surface area contributed by atoms with Gasteiger partial charge in [0, 0.05) is 24.7 Å². The van der Waals surface area contributed by atoms with E-state index in [2.05, 4.69) is 50.5 Å². The van der Waals surface area contributed by atoms with E-state index in [1.165, 1.54) is 0 Å². The van der Waals surface area contributed by atoms with Crippen LogP contribution in [0.3, 0.4) is 0 Å². The van der Waals surface area contributed by atoms with E-state index in [9.17, 15) is 5.26 Å². The lowest BCUT2D eigenvalue weighted by Crippen LogP contribution is -2.05. The fourth-order valence-electron chi connectivity index (χ4n) is 2.86. The minimum Gasteiger partial charge on any atom is -0.307 e. The number of hydrogen-bond acceptors (Lipinski definition) is 6. The summed E-state index contributed by atoms with van der Waals surface area (Å²) in [5.74, 6) is 1.11. The van der Waals surface area contributed by atoms with E-state index in [1.807, 2.05) is 35.1 Å². The molecular formula is C19H18N8. The average Bonchev–Trinajstić information content (AvgIpc) is 3.32. The topological polar surface area (TPSA) is 108 Å². The molecule has 0 spiro atoms. The monoisotopic (exact) mass is 358 g/mol. The van der Waals surface area contributed by atoms with E-state index in [1.54, 1.807) is 12.3 Å². The molecule has 27 heavy (non-hydrogen) atoms. The van der Waals surface area contributed by atoms with Crippen LogP contribution in [-0.4, -0.2) is 29.9 Å². The minimum absolute atomic E-state index is 0.273. The zero-order valence-corrected chi connectivity index (χ0v) is 15.0. The summed E-state index contributed by atoms with van der Waals surface area (Å²) in [6.45, 7) is 4.13. The second-order valence-electron chi connectivity index (χ2n) is 6.47. The molecule has 8 nitrogen and oxygen atoms in total. The summed E-state index contributed by atoms with van der Waals surface area (Å²) in [5.41, 5.74) is 2.98. The fourth-order valence-corrected chi connectivity index (χ4v) is 2.86. The molecule has 0 aliphatic heterocycles. The van der Waals surface area contributed by atoms with E-state index in [-0.39, 0.29) is 6.04 Å². The molecule has 0 amide bonds. The first kappa shape index (κ1) is 16.7. The number of anilines is 2. The highest BCUT2D eigenvalue weighted by atomic mass is 15.3. The zero-order chi connectivity index (χ0) is 18.8. The lowest BCUT2D eigenvalue weighted by molar-refractivity contribution is 0.534. The quantitative estimate of drug-likeness (QED) is 0.566. The van der Waals surface area contributed by atoms with Crippen LogP contribution in [-0.2, 0) is 6.42 Å². The number of nitrogens with zero attached hydrogens (tertiary/aromatic N) is 6. The van der Waals surface area contributed by atoms with Crippen molar-refractivity contribution in [2.45, 2.75) is 26.3 Å². The second-order valence-corrected chi connectivity index (χ2v) is 6.47. The van der Waals surface area contributed by atoms with E-state index in [0.717, 1.165) is 16.6 Å². The highest BCUT2D eigenvalue weighted by Crippen LogP contribution is 2.22. The van der Waals surface area contributed by atoms with Gasteiger partial charge >= 0.3 is 0 Å². The third-order valence-corrected chi connectivity index (χ3v) is 4.26. The SMILES string of the molecule is CC(C)n1ccc(Nc2nc(Cc3ccccc3C#N)c3cn[nH]c3n2)n1. The molecule has 0 aliphatic carbocycles. The number of hydrogen-bond donors (Lipinski definition) is 2. The van der Waals surface area contributed by atoms with Crippen molar-refractivity contribution in [3.8, 4) is 6.07 Å². The average molecular weight is 358 g/mol. The molecule has 4 aromatic rings. The highest BCUT2D eigenvalue weighted by Gasteiger charge is 2.13. The van der Waals surface area contributed by atoms with E-state index < -0.39 is 0 Å². The Balaban J connectivity index is 1.70. The van der Waals surface area contributed by atoms with Crippen molar-refractivity contribution in [2.75, 3.05) is 5.32 Å². The first-order valence-corrected chi connectivity index (χ1v) is 8.64. The molecule has 3 heterocycles. The van der Waals surface area contributed by atoms with Gasteiger partial charge in [0.15, 0.2) is 11.5 Å². The Bertz CT molecular complexity index is 1130. The smallest absolute Gasteiger partial charge is 0.230 e. The molecule has 0 aliphatic rings. The lowest BCUT2D eigenvalue weighted by atomic mass is 10.0. The largest absolute Gasteiger partial charge is 0.307 e. The van der Waals surface area contributed by atoms with Crippen molar-refractivity contribution < 1.29 is 0 Å². The summed E-state index contributed by atoms with van der Waals surface area (Å²) in [5, 5.41) is 24.8. The van der Waals surface area contributed by atoms with Gasteiger partial charge in [-0.05, 0) is 25.5 Å². The Hall–Kier alpha value is -3.73. The highest BCUT2D eigenvalue weighted by molar-refractivity contribution is 5.78. The Morgan fingerprint density at radius 2 is 2.07 bits per heavy atom. The Morgan fingerprint density at radius 1 is 1.22 bits per heavy atom. The van der Waals surface area contributed by atoms with E-state index >= 15 is 0 Å². The van der Waals surface area contributed by atoms with Crippen LogP contribution in [0, 0.1) is 11.3 Å². The van der Waals surface area contributed by atoms with Crippen molar-refractivity contribution in [1.29, 1.82) is 5.26 Å². The van der Waals surface area contributed by atoms with Gasteiger partial charge in [0.25, 0.3) is 0 Å². The van der Waals surface area contributed by atoms with E-state index in [4.69, 9.17) is 0 Å². The number of nitriles is 1. The third-order valence-electron chi connectivity index (χ3n) is 4.26. The van der Waals surface area contributed by atoms with Crippen molar-refractivity contribution in [3.63, 3.8) is 0 Å².